The number of unbranched alkanes of at least 4 members (excludes halogenated alkanes) is 4. The number of hydrogen-bond donors (Lipinski definition) is 0. The predicted molar refractivity (Wildman–Crippen MR) is 69.0 cm³/mol. The molecule has 0 aromatic rings. The summed E-state index contributed by atoms with van der Waals surface area (Å²) in [6, 6.07) is 0. The molecule has 0 saturated heterocycles. The second-order valence-electron chi connectivity index (χ2n) is 2.89. The first kappa shape index (κ1) is 13.4. The van der Waals surface area contributed by atoms with E-state index in [-0.39, 0.29) is 0 Å². The molecule has 0 saturated carbocycles. The van der Waals surface area contributed by atoms with E-state index in [1.54, 1.807) is 0 Å². The zero-order valence-corrected chi connectivity index (χ0v) is 11.2. The molecule has 0 aliphatic carbocycles. The smallest absolute Gasteiger partial charge is 0.0212 e. The van der Waals surface area contributed by atoms with Gasteiger partial charge < -0.3 is 0 Å². The Morgan fingerprint density at radius 2 is 1.08 bits per heavy atom. The van der Waals surface area contributed by atoms with E-state index in [2.05, 4.69) is 56.2 Å². The fraction of sp³-hybridized carbons (Fsp3) is 0.636. The summed E-state index contributed by atoms with van der Waals surface area (Å²) in [7, 11) is 0. The molecular weight excluding hydrogens is 292 g/mol. The Bertz CT molecular complexity index is 123. The van der Waals surface area contributed by atoms with Crippen molar-refractivity contribution in [3.63, 3.8) is 0 Å². The number of alkyl halides is 2. The van der Waals surface area contributed by atoms with E-state index in [4.69, 9.17) is 0 Å². The SMILES string of the molecule is BrCC=CCCCCCC=CCBr. The van der Waals surface area contributed by atoms with Gasteiger partial charge in [0.25, 0.3) is 0 Å². The van der Waals surface area contributed by atoms with Crippen molar-refractivity contribution in [1.29, 1.82) is 0 Å². The van der Waals surface area contributed by atoms with Crippen LogP contribution in [-0.2, 0) is 0 Å². The number of halogens is 2. The molecule has 0 radical (unpaired) electrons. The van der Waals surface area contributed by atoms with Crippen molar-refractivity contribution in [1.82, 2.24) is 0 Å². The maximum atomic E-state index is 3.36. The summed E-state index contributed by atoms with van der Waals surface area (Å²) in [5, 5.41) is 1.97. The van der Waals surface area contributed by atoms with Crippen LogP contribution in [0.4, 0.5) is 0 Å². The highest BCUT2D eigenvalue weighted by molar-refractivity contribution is 9.09. The third-order valence-corrected chi connectivity index (χ3v) is 2.50. The minimum atomic E-state index is 0.987. The third kappa shape index (κ3) is 12.4. The second kappa shape index (κ2) is 12.4. The van der Waals surface area contributed by atoms with Gasteiger partial charge in [0.15, 0.2) is 0 Å². The normalized spacial score (nSPS) is 11.8. The van der Waals surface area contributed by atoms with Crippen LogP contribution >= 0.6 is 31.9 Å². The van der Waals surface area contributed by atoms with Gasteiger partial charge in [-0.15, -0.1) is 0 Å². The monoisotopic (exact) mass is 308 g/mol. The summed E-state index contributed by atoms with van der Waals surface area (Å²) >= 11 is 6.72. The molecular formula is C11H18Br2. The van der Waals surface area contributed by atoms with Crippen LogP contribution < -0.4 is 0 Å². The third-order valence-electron chi connectivity index (χ3n) is 1.75. The zero-order chi connectivity index (χ0) is 9.78. The summed E-state index contributed by atoms with van der Waals surface area (Å²) in [4.78, 5) is 0. The molecule has 0 bridgehead atoms. The lowest BCUT2D eigenvalue weighted by molar-refractivity contribution is 0.696. The molecule has 0 spiro atoms. The van der Waals surface area contributed by atoms with Gasteiger partial charge in [-0.25, -0.2) is 0 Å². The van der Waals surface area contributed by atoms with E-state index in [9.17, 15) is 0 Å². The summed E-state index contributed by atoms with van der Waals surface area (Å²) in [6.07, 6.45) is 15.3. The van der Waals surface area contributed by atoms with E-state index in [0.29, 0.717) is 0 Å². The van der Waals surface area contributed by atoms with Crippen molar-refractivity contribution in [3.05, 3.63) is 24.3 Å². The van der Waals surface area contributed by atoms with Crippen LogP contribution in [0.5, 0.6) is 0 Å². The van der Waals surface area contributed by atoms with Gasteiger partial charge in [0.1, 0.15) is 0 Å². The average Bonchev–Trinajstić information content (AvgIpc) is 2.16. The van der Waals surface area contributed by atoms with Gasteiger partial charge in [-0.05, 0) is 25.7 Å². The molecule has 0 rings (SSSR count). The molecule has 2 heteroatoms. The zero-order valence-electron chi connectivity index (χ0n) is 8.02. The van der Waals surface area contributed by atoms with E-state index in [1.807, 2.05) is 0 Å². The molecule has 0 atom stereocenters. The molecule has 0 fully saturated rings. The largest absolute Gasteiger partial charge is 0.0883 e. The van der Waals surface area contributed by atoms with E-state index < -0.39 is 0 Å². The minimum absolute atomic E-state index is 0.987. The van der Waals surface area contributed by atoms with Gasteiger partial charge >= 0.3 is 0 Å². The predicted octanol–water partition coefficient (Wildman–Crippen LogP) is 4.84. The van der Waals surface area contributed by atoms with Crippen molar-refractivity contribution in [2.45, 2.75) is 32.1 Å². The van der Waals surface area contributed by atoms with Gasteiger partial charge in [-0.3, -0.25) is 0 Å². The summed E-state index contributed by atoms with van der Waals surface area (Å²) < 4.78 is 0. The molecule has 0 heterocycles. The van der Waals surface area contributed by atoms with E-state index in [1.165, 1.54) is 32.1 Å². The molecule has 0 aromatic carbocycles. The lowest BCUT2D eigenvalue weighted by atomic mass is 10.1. The van der Waals surface area contributed by atoms with Crippen LogP contribution in [0.1, 0.15) is 32.1 Å². The Kier molecular flexibility index (Phi) is 12.9. The number of allylic oxidation sites excluding steroid dienone is 4. The summed E-state index contributed by atoms with van der Waals surface area (Å²) in [5.41, 5.74) is 0. The van der Waals surface area contributed by atoms with Crippen LogP contribution in [-0.4, -0.2) is 10.7 Å². The van der Waals surface area contributed by atoms with Crippen LogP contribution in [0.25, 0.3) is 0 Å². The van der Waals surface area contributed by atoms with Crippen LogP contribution in [0.15, 0.2) is 24.3 Å². The highest BCUT2D eigenvalue weighted by Crippen LogP contribution is 2.04. The number of rotatable bonds is 8. The fourth-order valence-corrected chi connectivity index (χ4v) is 1.59. The Morgan fingerprint density at radius 1 is 0.615 bits per heavy atom. The first-order valence-electron chi connectivity index (χ1n) is 4.83. The van der Waals surface area contributed by atoms with Gasteiger partial charge in [0.2, 0.25) is 0 Å². The van der Waals surface area contributed by atoms with Crippen LogP contribution in [0.2, 0.25) is 0 Å². The highest BCUT2D eigenvalue weighted by Gasteiger charge is 1.85. The standard InChI is InChI=1S/C11H18Br2/c12-10-8-6-4-2-1-3-5-7-9-11-13/h6-9H,1-5,10-11H2. The molecule has 0 nitrogen and oxygen atoms in total. The van der Waals surface area contributed by atoms with E-state index >= 15 is 0 Å². The first-order chi connectivity index (χ1) is 6.41. The molecule has 0 N–H and O–H groups in total. The lowest BCUT2D eigenvalue weighted by Gasteiger charge is -1.94. The van der Waals surface area contributed by atoms with E-state index in [0.717, 1.165) is 10.7 Å². The summed E-state index contributed by atoms with van der Waals surface area (Å²) in [5.74, 6) is 0. The van der Waals surface area contributed by atoms with Gasteiger partial charge in [0, 0.05) is 10.7 Å². The molecule has 0 aromatic heterocycles. The van der Waals surface area contributed by atoms with Gasteiger partial charge in [-0.1, -0.05) is 62.6 Å². The Labute approximate surface area is 98.7 Å². The lowest BCUT2D eigenvalue weighted by Crippen LogP contribution is -1.75. The average molecular weight is 310 g/mol. The topological polar surface area (TPSA) is 0 Å². The second-order valence-corrected chi connectivity index (χ2v) is 4.18. The van der Waals surface area contributed by atoms with Crippen LogP contribution in [0.3, 0.4) is 0 Å². The molecule has 13 heavy (non-hydrogen) atoms. The molecule has 76 valence electrons. The molecule has 0 unspecified atom stereocenters. The Hall–Kier alpha value is 0.440. The van der Waals surface area contributed by atoms with Crippen molar-refractivity contribution in [3.8, 4) is 0 Å². The summed E-state index contributed by atoms with van der Waals surface area (Å²) in [6.45, 7) is 0. The first-order valence-corrected chi connectivity index (χ1v) is 7.08. The fourth-order valence-electron chi connectivity index (χ4n) is 1.06. The van der Waals surface area contributed by atoms with Crippen molar-refractivity contribution >= 4 is 31.9 Å². The molecule has 0 aliphatic heterocycles. The maximum Gasteiger partial charge on any atom is 0.0212 e. The van der Waals surface area contributed by atoms with Crippen molar-refractivity contribution < 1.29 is 0 Å². The minimum Gasteiger partial charge on any atom is -0.0883 e. The molecule has 0 amide bonds. The Balaban J connectivity index is 2.99. The maximum absolute atomic E-state index is 3.36. The highest BCUT2D eigenvalue weighted by atomic mass is 79.9. The quantitative estimate of drug-likeness (QED) is 0.342. The van der Waals surface area contributed by atoms with Crippen molar-refractivity contribution in [2.24, 2.45) is 0 Å². The van der Waals surface area contributed by atoms with Gasteiger partial charge in [0.05, 0.1) is 0 Å². The van der Waals surface area contributed by atoms with Gasteiger partial charge in [-0.2, -0.15) is 0 Å². The molecule has 0 aliphatic rings. The number of hydrogen-bond acceptors (Lipinski definition) is 0. The Morgan fingerprint density at radius 3 is 1.46 bits per heavy atom. The van der Waals surface area contributed by atoms with Crippen molar-refractivity contribution in [2.75, 3.05) is 10.7 Å². The van der Waals surface area contributed by atoms with Crippen LogP contribution in [0, 0.1) is 0 Å².